The maximum atomic E-state index is 12.3. The molecule has 3 rings (SSSR count). The van der Waals surface area contributed by atoms with Crippen molar-refractivity contribution >= 4 is 38.9 Å². The van der Waals surface area contributed by atoms with Crippen LogP contribution in [0.15, 0.2) is 18.2 Å². The third-order valence-electron chi connectivity index (χ3n) is 5.23. The second-order valence-electron chi connectivity index (χ2n) is 7.20. The third-order valence-corrected chi connectivity index (χ3v) is 7.43. The summed E-state index contributed by atoms with van der Waals surface area (Å²) in [4.78, 5) is 12.3. The number of amides is 1. The van der Waals surface area contributed by atoms with E-state index in [1.54, 1.807) is 18.2 Å². The molecule has 2 fully saturated rings. The molecule has 1 aliphatic heterocycles. The van der Waals surface area contributed by atoms with Gasteiger partial charge in [0.05, 0.1) is 28.7 Å². The summed E-state index contributed by atoms with van der Waals surface area (Å²) >= 11 is 6.21. The van der Waals surface area contributed by atoms with Gasteiger partial charge in [-0.1, -0.05) is 31.4 Å². The number of carbonyl (C=O) groups excluding carboxylic acids is 1. The molecule has 0 radical (unpaired) electrons. The van der Waals surface area contributed by atoms with Crippen molar-refractivity contribution in [1.82, 2.24) is 5.32 Å². The summed E-state index contributed by atoms with van der Waals surface area (Å²) in [5, 5.41) is 6.60. The highest BCUT2D eigenvalue weighted by Crippen LogP contribution is 2.31. The van der Waals surface area contributed by atoms with Gasteiger partial charge in [-0.15, -0.1) is 0 Å². The van der Waals surface area contributed by atoms with Crippen LogP contribution >= 0.6 is 11.6 Å². The fourth-order valence-corrected chi connectivity index (χ4v) is 5.44. The van der Waals surface area contributed by atoms with Crippen LogP contribution < -0.4 is 14.9 Å². The molecule has 0 spiro atoms. The Balaban J connectivity index is 1.62. The van der Waals surface area contributed by atoms with Gasteiger partial charge in [-0.2, -0.15) is 0 Å². The van der Waals surface area contributed by atoms with Gasteiger partial charge >= 0.3 is 0 Å². The summed E-state index contributed by atoms with van der Waals surface area (Å²) in [6, 6.07) is 5.28. The van der Waals surface area contributed by atoms with Crippen molar-refractivity contribution < 1.29 is 13.2 Å². The fraction of sp³-hybridized carbons (Fsp3) is 0.611. The number of hydrogen-bond donors (Lipinski definition) is 2. The van der Waals surface area contributed by atoms with Crippen LogP contribution in [0.5, 0.6) is 0 Å². The topological polar surface area (TPSA) is 78.5 Å². The first-order chi connectivity index (χ1) is 12.4. The number of halogens is 1. The molecule has 2 N–H and O–H groups in total. The van der Waals surface area contributed by atoms with Gasteiger partial charge in [-0.25, -0.2) is 8.42 Å². The van der Waals surface area contributed by atoms with Crippen LogP contribution in [0, 0.1) is 5.92 Å². The van der Waals surface area contributed by atoms with E-state index in [0.29, 0.717) is 35.3 Å². The standard InChI is InChI=1S/C18H26ClN3O3S/c1-13-5-2-3-6-16(13)21-18(23)12-20-17-11-14(7-8-15(17)19)22-9-4-10-26(22,24)25/h7-8,11,13,16,20H,2-6,9-10,12H2,1H3,(H,21,23)/t13-,16+/m1/s1. The van der Waals surface area contributed by atoms with E-state index in [4.69, 9.17) is 11.6 Å². The molecule has 0 unspecified atom stereocenters. The van der Waals surface area contributed by atoms with Gasteiger partial charge in [0.25, 0.3) is 0 Å². The van der Waals surface area contributed by atoms with E-state index < -0.39 is 10.0 Å². The lowest BCUT2D eigenvalue weighted by atomic mass is 9.86. The van der Waals surface area contributed by atoms with Gasteiger partial charge in [-0.3, -0.25) is 9.10 Å². The van der Waals surface area contributed by atoms with Crippen LogP contribution in [0.25, 0.3) is 0 Å². The molecular weight excluding hydrogens is 374 g/mol. The summed E-state index contributed by atoms with van der Waals surface area (Å²) in [6.45, 7) is 2.76. The van der Waals surface area contributed by atoms with E-state index >= 15 is 0 Å². The number of rotatable bonds is 5. The number of benzene rings is 1. The average Bonchev–Trinajstić information content (AvgIpc) is 2.95. The van der Waals surface area contributed by atoms with Crippen LogP contribution in [0.3, 0.4) is 0 Å². The van der Waals surface area contributed by atoms with Crippen molar-refractivity contribution in [3.05, 3.63) is 23.2 Å². The highest BCUT2D eigenvalue weighted by Gasteiger charge is 2.29. The molecule has 1 saturated heterocycles. The lowest BCUT2D eigenvalue weighted by molar-refractivity contribution is -0.120. The van der Waals surface area contributed by atoms with Gasteiger partial charge in [-0.05, 0) is 43.4 Å². The number of hydrogen-bond acceptors (Lipinski definition) is 4. The molecule has 0 bridgehead atoms. The molecule has 144 valence electrons. The Labute approximate surface area is 160 Å². The van der Waals surface area contributed by atoms with Crippen molar-refractivity contribution in [1.29, 1.82) is 0 Å². The zero-order valence-corrected chi connectivity index (χ0v) is 16.6. The van der Waals surface area contributed by atoms with Gasteiger partial charge in [0.1, 0.15) is 0 Å². The fourth-order valence-electron chi connectivity index (χ4n) is 3.70. The number of nitrogens with zero attached hydrogens (tertiary/aromatic N) is 1. The summed E-state index contributed by atoms with van der Waals surface area (Å²) in [5.74, 6) is 0.597. The minimum absolute atomic E-state index is 0.0704. The number of carbonyl (C=O) groups is 1. The second-order valence-corrected chi connectivity index (χ2v) is 9.62. The Morgan fingerprint density at radius 1 is 1.27 bits per heavy atom. The molecule has 1 aromatic carbocycles. The Kier molecular flexibility index (Phi) is 5.97. The van der Waals surface area contributed by atoms with Crippen LogP contribution in [0.4, 0.5) is 11.4 Å². The first-order valence-corrected chi connectivity index (χ1v) is 11.2. The van der Waals surface area contributed by atoms with Crippen molar-refractivity contribution in [2.24, 2.45) is 5.92 Å². The molecule has 26 heavy (non-hydrogen) atoms. The van der Waals surface area contributed by atoms with Gasteiger partial charge < -0.3 is 10.6 Å². The van der Waals surface area contributed by atoms with Gasteiger partial charge in [0.2, 0.25) is 15.9 Å². The lowest BCUT2D eigenvalue weighted by Crippen LogP contribution is -2.43. The van der Waals surface area contributed by atoms with Crippen LogP contribution in [-0.4, -0.2) is 39.2 Å². The minimum Gasteiger partial charge on any atom is -0.375 e. The molecule has 2 atom stereocenters. The molecule has 1 heterocycles. The highest BCUT2D eigenvalue weighted by atomic mass is 35.5. The van der Waals surface area contributed by atoms with E-state index in [-0.39, 0.29) is 24.2 Å². The Hall–Kier alpha value is -1.47. The SMILES string of the molecule is C[C@@H]1CCCC[C@@H]1NC(=O)CNc1cc(N2CCCS2(=O)=O)ccc1Cl. The molecule has 1 amide bonds. The molecule has 1 saturated carbocycles. The Bertz CT molecular complexity index is 769. The second kappa shape index (κ2) is 8.05. The summed E-state index contributed by atoms with van der Waals surface area (Å²) < 4.78 is 25.6. The van der Waals surface area contributed by atoms with Gasteiger partial charge in [0.15, 0.2) is 0 Å². The Morgan fingerprint density at radius 2 is 2.04 bits per heavy atom. The number of anilines is 2. The maximum Gasteiger partial charge on any atom is 0.239 e. The van der Waals surface area contributed by atoms with E-state index in [2.05, 4.69) is 17.6 Å². The van der Waals surface area contributed by atoms with Crippen LogP contribution in [0.1, 0.15) is 39.0 Å². The van der Waals surface area contributed by atoms with E-state index in [1.807, 2.05) is 0 Å². The monoisotopic (exact) mass is 399 g/mol. The van der Waals surface area contributed by atoms with E-state index in [9.17, 15) is 13.2 Å². The summed E-state index contributed by atoms with van der Waals surface area (Å²) in [6.07, 6.45) is 5.18. The van der Waals surface area contributed by atoms with Gasteiger partial charge in [0, 0.05) is 12.6 Å². The third kappa shape index (κ3) is 4.43. The van der Waals surface area contributed by atoms with E-state index in [1.165, 1.54) is 10.7 Å². The molecule has 1 aliphatic carbocycles. The van der Waals surface area contributed by atoms with Crippen molar-refractivity contribution in [2.75, 3.05) is 28.5 Å². The first-order valence-electron chi connectivity index (χ1n) is 9.20. The average molecular weight is 400 g/mol. The highest BCUT2D eigenvalue weighted by molar-refractivity contribution is 7.93. The normalized spacial score (nSPS) is 25.1. The van der Waals surface area contributed by atoms with Crippen molar-refractivity contribution in [2.45, 2.75) is 45.1 Å². The molecule has 6 nitrogen and oxygen atoms in total. The quantitative estimate of drug-likeness (QED) is 0.797. The maximum absolute atomic E-state index is 12.3. The van der Waals surface area contributed by atoms with Crippen LogP contribution in [-0.2, 0) is 14.8 Å². The molecule has 1 aromatic rings. The van der Waals surface area contributed by atoms with Crippen molar-refractivity contribution in [3.8, 4) is 0 Å². The minimum atomic E-state index is -3.24. The number of nitrogens with one attached hydrogen (secondary N) is 2. The molecule has 2 aliphatic rings. The largest absolute Gasteiger partial charge is 0.375 e. The zero-order valence-electron chi connectivity index (χ0n) is 15.0. The van der Waals surface area contributed by atoms with Crippen molar-refractivity contribution in [3.63, 3.8) is 0 Å². The molecule has 8 heteroatoms. The molecule has 0 aromatic heterocycles. The zero-order chi connectivity index (χ0) is 18.7. The van der Waals surface area contributed by atoms with E-state index in [0.717, 1.165) is 19.3 Å². The number of sulfonamides is 1. The van der Waals surface area contributed by atoms with Crippen LogP contribution in [0.2, 0.25) is 5.02 Å². The predicted octanol–water partition coefficient (Wildman–Crippen LogP) is 2.99. The predicted molar refractivity (Wildman–Crippen MR) is 105 cm³/mol. The Morgan fingerprint density at radius 3 is 2.73 bits per heavy atom. The first kappa shape index (κ1) is 19.3. The molecular formula is C18H26ClN3O3S. The smallest absolute Gasteiger partial charge is 0.239 e. The summed E-state index contributed by atoms with van der Waals surface area (Å²) in [7, 11) is -3.24. The summed E-state index contributed by atoms with van der Waals surface area (Å²) in [5.41, 5.74) is 1.15. The lowest BCUT2D eigenvalue weighted by Gasteiger charge is -2.29.